The summed E-state index contributed by atoms with van der Waals surface area (Å²) in [6, 6.07) is 10.5. The van der Waals surface area contributed by atoms with Gasteiger partial charge < -0.3 is 18.9 Å². The molecule has 2 aromatic carbocycles. The molecule has 162 valence electrons. The van der Waals surface area contributed by atoms with Crippen LogP contribution >= 0.6 is 0 Å². The van der Waals surface area contributed by atoms with E-state index in [0.717, 1.165) is 17.5 Å². The monoisotopic (exact) mass is 444 g/mol. The maximum Gasteiger partial charge on any atom is 0.573 e. The van der Waals surface area contributed by atoms with Crippen molar-refractivity contribution >= 4 is 9.84 Å². The molecule has 1 heterocycles. The number of rotatable bonds is 6. The molecule has 10 heteroatoms. The van der Waals surface area contributed by atoms with Crippen LogP contribution in [0.15, 0.2) is 64.9 Å². The molecule has 30 heavy (non-hydrogen) atoms. The van der Waals surface area contributed by atoms with Gasteiger partial charge >= 0.3 is 6.36 Å². The normalized spacial score (nSPS) is 19.2. The van der Waals surface area contributed by atoms with Crippen molar-refractivity contribution in [3.05, 3.63) is 60.0 Å². The number of hydrogen-bond donors (Lipinski definition) is 0. The fourth-order valence-electron chi connectivity index (χ4n) is 2.62. The highest BCUT2D eigenvalue weighted by Crippen LogP contribution is 2.28. The summed E-state index contributed by atoms with van der Waals surface area (Å²) >= 11 is 0. The van der Waals surface area contributed by atoms with Gasteiger partial charge in [-0.1, -0.05) is 0 Å². The minimum Gasteiger partial charge on any atom is -0.457 e. The minimum atomic E-state index is -4.77. The van der Waals surface area contributed by atoms with Crippen LogP contribution in [-0.4, -0.2) is 33.3 Å². The number of alkyl halides is 3. The number of hydrogen-bond acceptors (Lipinski definition) is 6. The molecular formula is C20H19F3O6S. The average Bonchev–Trinajstić information content (AvgIpc) is 3.00. The third-order valence-corrected chi connectivity index (χ3v) is 5.39. The second kappa shape index (κ2) is 8.29. The average molecular weight is 444 g/mol. The van der Waals surface area contributed by atoms with Crippen molar-refractivity contribution in [2.75, 3.05) is 6.61 Å². The Balaban J connectivity index is 1.63. The zero-order chi connectivity index (χ0) is 22.0. The van der Waals surface area contributed by atoms with Gasteiger partial charge in [-0.3, -0.25) is 0 Å². The van der Waals surface area contributed by atoms with Gasteiger partial charge in [-0.05, 0) is 68.5 Å². The Morgan fingerprint density at radius 2 is 1.53 bits per heavy atom. The quantitative estimate of drug-likeness (QED) is 0.637. The predicted molar refractivity (Wildman–Crippen MR) is 101 cm³/mol. The summed E-state index contributed by atoms with van der Waals surface area (Å²) < 4.78 is 81.6. The second-order valence-electron chi connectivity index (χ2n) is 6.83. The molecule has 0 bridgehead atoms. The summed E-state index contributed by atoms with van der Waals surface area (Å²) in [5.74, 6) is -0.546. The molecule has 1 aliphatic rings. The van der Waals surface area contributed by atoms with Gasteiger partial charge in [-0.25, -0.2) is 8.42 Å². The largest absolute Gasteiger partial charge is 0.573 e. The first-order valence-corrected chi connectivity index (χ1v) is 10.4. The zero-order valence-corrected chi connectivity index (χ0v) is 16.9. The van der Waals surface area contributed by atoms with Gasteiger partial charge in [-0.2, -0.15) is 0 Å². The van der Waals surface area contributed by atoms with Crippen molar-refractivity contribution in [3.63, 3.8) is 0 Å². The third kappa shape index (κ3) is 6.22. The van der Waals surface area contributed by atoms with Crippen LogP contribution in [0.5, 0.6) is 17.2 Å². The lowest BCUT2D eigenvalue weighted by molar-refractivity contribution is -0.274. The molecule has 0 saturated carbocycles. The molecule has 1 aliphatic heterocycles. The lowest BCUT2D eigenvalue weighted by Crippen LogP contribution is -2.20. The number of ether oxygens (including phenoxy) is 4. The summed E-state index contributed by atoms with van der Waals surface area (Å²) in [5.41, 5.74) is 0. The van der Waals surface area contributed by atoms with Crippen LogP contribution in [0.4, 0.5) is 13.2 Å². The molecular weight excluding hydrogens is 425 g/mol. The van der Waals surface area contributed by atoms with E-state index in [0.29, 0.717) is 5.75 Å². The Bertz CT molecular complexity index is 996. The predicted octanol–water partition coefficient (Wildman–Crippen LogP) is 4.82. The Hall–Kier alpha value is -2.56. The summed E-state index contributed by atoms with van der Waals surface area (Å²) in [5, 5.41) is 1.07. The molecule has 3 rings (SSSR count). The van der Waals surface area contributed by atoms with Crippen LogP contribution in [0, 0.1) is 0 Å². The molecule has 0 aliphatic carbocycles. The van der Waals surface area contributed by atoms with Gasteiger partial charge in [0, 0.05) is 5.41 Å². The standard InChI is InChI=1S/C20H19F3O6S/c1-19(2)26-13-17(28-19)11-12-30(24,25)18-9-7-15(8-10-18)27-14-3-5-16(6-4-14)29-20(21,22)23/h3-12,17H,13H2,1-2H3/b12-11+/t17-/m0/s1. The van der Waals surface area contributed by atoms with E-state index in [1.165, 1.54) is 42.5 Å². The van der Waals surface area contributed by atoms with Crippen LogP contribution in [-0.2, 0) is 19.3 Å². The van der Waals surface area contributed by atoms with Crippen molar-refractivity contribution in [1.29, 1.82) is 0 Å². The van der Waals surface area contributed by atoms with Crippen molar-refractivity contribution in [3.8, 4) is 17.2 Å². The Kier molecular flexibility index (Phi) is 6.11. The van der Waals surface area contributed by atoms with E-state index in [2.05, 4.69) is 4.74 Å². The smallest absolute Gasteiger partial charge is 0.457 e. The summed E-state index contributed by atoms with van der Waals surface area (Å²) in [6.07, 6.45) is -3.80. The van der Waals surface area contributed by atoms with Gasteiger partial charge in [0.1, 0.15) is 23.4 Å². The number of halogens is 3. The van der Waals surface area contributed by atoms with Gasteiger partial charge in [-0.15, -0.1) is 13.2 Å². The lowest BCUT2D eigenvalue weighted by atomic mass is 10.3. The second-order valence-corrected chi connectivity index (χ2v) is 8.67. The topological polar surface area (TPSA) is 71.1 Å². The summed E-state index contributed by atoms with van der Waals surface area (Å²) in [7, 11) is -3.69. The molecule has 2 aromatic rings. The van der Waals surface area contributed by atoms with Gasteiger partial charge in [0.25, 0.3) is 0 Å². The molecule has 1 atom stereocenters. The molecule has 0 radical (unpaired) electrons. The summed E-state index contributed by atoms with van der Waals surface area (Å²) in [4.78, 5) is 0.0539. The SMILES string of the molecule is CC1(C)OC[C@H](/C=C/S(=O)(=O)c2ccc(Oc3ccc(OC(F)(F)F)cc3)cc2)O1. The van der Waals surface area contributed by atoms with Gasteiger partial charge in [0.2, 0.25) is 0 Å². The highest BCUT2D eigenvalue weighted by molar-refractivity contribution is 7.94. The van der Waals surface area contributed by atoms with E-state index < -0.39 is 28.1 Å². The third-order valence-electron chi connectivity index (χ3n) is 3.95. The maximum atomic E-state index is 12.4. The number of sulfone groups is 1. The van der Waals surface area contributed by atoms with Crippen LogP contribution in [0.2, 0.25) is 0 Å². The van der Waals surface area contributed by atoms with E-state index in [-0.39, 0.29) is 23.0 Å². The van der Waals surface area contributed by atoms with Crippen molar-refractivity contribution in [1.82, 2.24) is 0 Å². The summed E-state index contributed by atoms with van der Waals surface area (Å²) in [6.45, 7) is 3.74. The fraction of sp³-hybridized carbons (Fsp3) is 0.300. The molecule has 6 nitrogen and oxygen atoms in total. The minimum absolute atomic E-state index is 0.0539. The first-order valence-electron chi connectivity index (χ1n) is 8.81. The van der Waals surface area contributed by atoms with Crippen LogP contribution in [0.25, 0.3) is 0 Å². The van der Waals surface area contributed by atoms with Crippen molar-refractivity contribution in [2.24, 2.45) is 0 Å². The lowest BCUT2D eigenvalue weighted by Gasteiger charge is -2.15. The highest BCUT2D eigenvalue weighted by atomic mass is 32.2. The van der Waals surface area contributed by atoms with Gasteiger partial charge in [0.05, 0.1) is 11.5 Å². The molecule has 1 saturated heterocycles. The van der Waals surface area contributed by atoms with E-state index in [1.807, 2.05) is 0 Å². The van der Waals surface area contributed by atoms with Crippen LogP contribution in [0.1, 0.15) is 13.8 Å². The zero-order valence-electron chi connectivity index (χ0n) is 16.0. The van der Waals surface area contributed by atoms with Crippen molar-refractivity contribution in [2.45, 2.75) is 37.0 Å². The molecule has 0 spiro atoms. The van der Waals surface area contributed by atoms with Crippen molar-refractivity contribution < 1.29 is 40.5 Å². The van der Waals surface area contributed by atoms with E-state index in [1.54, 1.807) is 13.8 Å². The molecule has 0 aromatic heterocycles. The molecule has 0 amide bonds. The Morgan fingerprint density at radius 3 is 2.03 bits per heavy atom. The Morgan fingerprint density at radius 1 is 1.00 bits per heavy atom. The molecule has 1 fully saturated rings. The Labute approximate surface area is 171 Å². The number of benzene rings is 2. The van der Waals surface area contributed by atoms with E-state index in [9.17, 15) is 21.6 Å². The fourth-order valence-corrected chi connectivity index (χ4v) is 3.68. The first-order chi connectivity index (χ1) is 13.9. The molecule has 0 N–H and O–H groups in total. The highest BCUT2D eigenvalue weighted by Gasteiger charge is 2.32. The molecule has 0 unspecified atom stereocenters. The van der Waals surface area contributed by atoms with Crippen LogP contribution < -0.4 is 9.47 Å². The maximum absolute atomic E-state index is 12.4. The van der Waals surface area contributed by atoms with E-state index in [4.69, 9.17) is 14.2 Å². The van der Waals surface area contributed by atoms with Crippen LogP contribution in [0.3, 0.4) is 0 Å². The van der Waals surface area contributed by atoms with Gasteiger partial charge in [0.15, 0.2) is 15.6 Å². The first kappa shape index (κ1) is 22.1. The van der Waals surface area contributed by atoms with E-state index >= 15 is 0 Å².